The molecule has 0 fully saturated rings. The van der Waals surface area contributed by atoms with Gasteiger partial charge in [0.05, 0.1) is 11.2 Å². The molecule has 4 nitrogen and oxygen atoms in total. The van der Waals surface area contributed by atoms with Gasteiger partial charge in [-0.25, -0.2) is 9.97 Å². The average Bonchev–Trinajstić information content (AvgIpc) is 3.27. The highest BCUT2D eigenvalue weighted by molar-refractivity contribution is 6.33. The lowest BCUT2D eigenvalue weighted by Gasteiger charge is -2.10. The summed E-state index contributed by atoms with van der Waals surface area (Å²) >= 11 is 0. The first-order valence-corrected chi connectivity index (χ1v) is 10.9. The van der Waals surface area contributed by atoms with Crippen molar-refractivity contribution in [2.24, 2.45) is 0 Å². The first kappa shape index (κ1) is 18.0. The normalized spacial score (nSPS) is 12.1. The van der Waals surface area contributed by atoms with Crippen molar-refractivity contribution < 1.29 is 4.42 Å². The van der Waals surface area contributed by atoms with Crippen molar-refractivity contribution >= 4 is 55.8 Å². The van der Waals surface area contributed by atoms with Gasteiger partial charge in [-0.3, -0.25) is 4.98 Å². The Morgan fingerprint density at radius 2 is 1.48 bits per heavy atom. The van der Waals surface area contributed by atoms with Gasteiger partial charge in [-0.05, 0) is 40.8 Å². The average molecular weight is 423 g/mol. The van der Waals surface area contributed by atoms with Gasteiger partial charge < -0.3 is 4.42 Å². The smallest absolute Gasteiger partial charge is 0.136 e. The van der Waals surface area contributed by atoms with Crippen LogP contribution in [0, 0.1) is 0 Å². The zero-order chi connectivity index (χ0) is 21.8. The number of benzene rings is 4. The van der Waals surface area contributed by atoms with Crippen molar-refractivity contribution in [3.05, 3.63) is 103 Å². The molecule has 4 aromatic carbocycles. The summed E-state index contributed by atoms with van der Waals surface area (Å²) in [6, 6.07) is 24.8. The quantitative estimate of drug-likeness (QED) is 0.220. The highest BCUT2D eigenvalue weighted by Crippen LogP contribution is 2.43. The molecule has 0 unspecified atom stereocenters. The van der Waals surface area contributed by atoms with Crippen LogP contribution in [0.15, 0.2) is 95.9 Å². The number of pyridine rings is 1. The molecule has 3 heterocycles. The van der Waals surface area contributed by atoms with E-state index in [1.54, 1.807) is 12.5 Å². The number of rotatable bonds is 3. The molecule has 0 N–H and O–H groups in total. The Hall–Kier alpha value is -4.57. The summed E-state index contributed by atoms with van der Waals surface area (Å²) in [5.74, 6) is 0. The molecule has 0 saturated heterocycles. The first-order valence-electron chi connectivity index (χ1n) is 10.9. The van der Waals surface area contributed by atoms with Crippen LogP contribution in [0.2, 0.25) is 0 Å². The van der Waals surface area contributed by atoms with Gasteiger partial charge >= 0.3 is 0 Å². The van der Waals surface area contributed by atoms with Crippen LogP contribution in [0.25, 0.3) is 67.0 Å². The number of furan rings is 1. The van der Waals surface area contributed by atoms with E-state index in [1.165, 1.54) is 10.8 Å². The largest absolute Gasteiger partial charge is 0.456 e. The molecule has 0 aliphatic heterocycles. The maximum absolute atomic E-state index is 6.21. The van der Waals surface area contributed by atoms with Gasteiger partial charge in [0, 0.05) is 39.5 Å². The van der Waals surface area contributed by atoms with Crippen LogP contribution in [0.1, 0.15) is 11.1 Å². The molecule has 154 valence electrons. The van der Waals surface area contributed by atoms with E-state index in [1.807, 2.05) is 42.6 Å². The van der Waals surface area contributed by atoms with E-state index in [9.17, 15) is 0 Å². The van der Waals surface area contributed by atoms with Crippen molar-refractivity contribution in [1.82, 2.24) is 15.0 Å². The fraction of sp³-hybridized carbons (Fsp3) is 0. The van der Waals surface area contributed by atoms with Gasteiger partial charge in [0.15, 0.2) is 0 Å². The monoisotopic (exact) mass is 423 g/mol. The SMILES string of the molecule is C(=C\c1ccc2oc3cccc4c5cccnc5c1c2c34)/c1ccccc1-c1ccncn1. The molecule has 3 aromatic heterocycles. The summed E-state index contributed by atoms with van der Waals surface area (Å²) in [5.41, 5.74) is 6.97. The Bertz CT molecular complexity index is 1820. The van der Waals surface area contributed by atoms with Crippen LogP contribution >= 0.6 is 0 Å². The fourth-order valence-corrected chi connectivity index (χ4v) is 4.87. The molecule has 0 radical (unpaired) electrons. The Labute approximate surface area is 189 Å². The highest BCUT2D eigenvalue weighted by atomic mass is 16.3. The van der Waals surface area contributed by atoms with E-state index in [-0.39, 0.29) is 0 Å². The molecular formula is C29H17N3O. The van der Waals surface area contributed by atoms with Crippen LogP contribution in [0.4, 0.5) is 0 Å². The summed E-state index contributed by atoms with van der Waals surface area (Å²) in [6.07, 6.45) is 9.53. The minimum atomic E-state index is 0.891. The van der Waals surface area contributed by atoms with E-state index in [0.29, 0.717) is 0 Å². The molecule has 0 amide bonds. The number of nitrogens with zero attached hydrogens (tertiary/aromatic N) is 3. The van der Waals surface area contributed by atoms with Crippen molar-refractivity contribution in [1.29, 1.82) is 0 Å². The summed E-state index contributed by atoms with van der Waals surface area (Å²) in [6.45, 7) is 0. The van der Waals surface area contributed by atoms with Crippen LogP contribution in [0.5, 0.6) is 0 Å². The Balaban J connectivity index is 1.50. The molecule has 0 aliphatic carbocycles. The summed E-state index contributed by atoms with van der Waals surface area (Å²) in [5, 5.41) is 5.74. The first-order chi connectivity index (χ1) is 16.4. The molecule has 4 heteroatoms. The standard InChI is InChI=1S/C29H17N3O/c1-2-6-20(23-14-16-30-17-32-23)18(5-1)10-11-19-12-13-25-28-26(19)29-22(8-4-15-31-29)21-7-3-9-24(33-25)27(21)28/h1-17H/b11-10+. The third kappa shape index (κ3) is 2.68. The zero-order valence-corrected chi connectivity index (χ0v) is 17.6. The zero-order valence-electron chi connectivity index (χ0n) is 17.6. The fourth-order valence-electron chi connectivity index (χ4n) is 4.87. The summed E-state index contributed by atoms with van der Waals surface area (Å²) in [7, 11) is 0. The maximum Gasteiger partial charge on any atom is 0.136 e. The Morgan fingerprint density at radius 3 is 2.42 bits per heavy atom. The second-order valence-electron chi connectivity index (χ2n) is 8.10. The van der Waals surface area contributed by atoms with Crippen LogP contribution in [0.3, 0.4) is 0 Å². The summed E-state index contributed by atoms with van der Waals surface area (Å²) < 4.78 is 6.21. The van der Waals surface area contributed by atoms with Crippen molar-refractivity contribution in [3.63, 3.8) is 0 Å². The minimum Gasteiger partial charge on any atom is -0.456 e. The lowest BCUT2D eigenvalue weighted by molar-refractivity contribution is 0.669. The lowest BCUT2D eigenvalue weighted by Crippen LogP contribution is -1.88. The predicted octanol–water partition coefficient (Wildman–Crippen LogP) is 7.35. The second kappa shape index (κ2) is 6.97. The molecule has 0 atom stereocenters. The van der Waals surface area contributed by atoms with Gasteiger partial charge in [-0.2, -0.15) is 0 Å². The summed E-state index contributed by atoms with van der Waals surface area (Å²) in [4.78, 5) is 13.3. The third-order valence-corrected chi connectivity index (χ3v) is 6.29. The highest BCUT2D eigenvalue weighted by Gasteiger charge is 2.19. The van der Waals surface area contributed by atoms with Gasteiger partial charge in [-0.1, -0.05) is 60.7 Å². The predicted molar refractivity (Wildman–Crippen MR) is 134 cm³/mol. The van der Waals surface area contributed by atoms with Crippen molar-refractivity contribution in [2.75, 3.05) is 0 Å². The van der Waals surface area contributed by atoms with Gasteiger partial charge in [0.1, 0.15) is 17.5 Å². The molecule has 0 bridgehead atoms. The molecule has 0 spiro atoms. The topological polar surface area (TPSA) is 51.8 Å². The van der Waals surface area contributed by atoms with Gasteiger partial charge in [-0.15, -0.1) is 0 Å². The molecule has 0 saturated carbocycles. The van der Waals surface area contributed by atoms with Gasteiger partial charge in [0.25, 0.3) is 0 Å². The van der Waals surface area contributed by atoms with E-state index < -0.39 is 0 Å². The van der Waals surface area contributed by atoms with E-state index in [0.717, 1.165) is 55.2 Å². The Kier molecular flexibility index (Phi) is 3.81. The van der Waals surface area contributed by atoms with E-state index >= 15 is 0 Å². The molecular weight excluding hydrogens is 406 g/mol. The lowest BCUT2D eigenvalue weighted by atomic mass is 9.93. The van der Waals surface area contributed by atoms with E-state index in [4.69, 9.17) is 9.40 Å². The minimum absolute atomic E-state index is 0.891. The molecule has 0 aliphatic rings. The Morgan fingerprint density at radius 1 is 0.606 bits per heavy atom. The van der Waals surface area contributed by atoms with Crippen molar-refractivity contribution in [2.45, 2.75) is 0 Å². The van der Waals surface area contributed by atoms with Crippen molar-refractivity contribution in [3.8, 4) is 11.3 Å². The molecule has 7 rings (SSSR count). The van der Waals surface area contributed by atoms with Gasteiger partial charge in [0.2, 0.25) is 0 Å². The number of hydrogen-bond donors (Lipinski definition) is 0. The van der Waals surface area contributed by atoms with Crippen LogP contribution in [-0.4, -0.2) is 15.0 Å². The van der Waals surface area contributed by atoms with E-state index in [2.05, 4.69) is 58.5 Å². The molecule has 7 aromatic rings. The van der Waals surface area contributed by atoms with Crippen LogP contribution in [-0.2, 0) is 0 Å². The second-order valence-corrected chi connectivity index (χ2v) is 8.10. The maximum atomic E-state index is 6.21. The number of aromatic nitrogens is 3. The van der Waals surface area contributed by atoms with Crippen LogP contribution < -0.4 is 0 Å². The molecule has 33 heavy (non-hydrogen) atoms. The third-order valence-electron chi connectivity index (χ3n) is 6.29. The number of fused-ring (bicyclic) bond motifs is 3. The number of hydrogen-bond acceptors (Lipinski definition) is 4.